The van der Waals surface area contributed by atoms with Crippen molar-refractivity contribution < 1.29 is 0 Å². The van der Waals surface area contributed by atoms with Crippen molar-refractivity contribution in [2.45, 2.75) is 19.3 Å². The van der Waals surface area contributed by atoms with E-state index in [2.05, 4.69) is 52.7 Å². The lowest BCUT2D eigenvalue weighted by atomic mass is 10.3. The van der Waals surface area contributed by atoms with E-state index >= 15 is 0 Å². The largest absolute Gasteiger partial charge is 0.303 e. The van der Waals surface area contributed by atoms with Gasteiger partial charge >= 0.3 is 0 Å². The van der Waals surface area contributed by atoms with Crippen molar-refractivity contribution in [2.24, 2.45) is 0 Å². The summed E-state index contributed by atoms with van der Waals surface area (Å²) in [5, 5.41) is 3.35. The summed E-state index contributed by atoms with van der Waals surface area (Å²) in [6.07, 6.45) is 3.76. The summed E-state index contributed by atoms with van der Waals surface area (Å²) in [4.78, 5) is 2.55. The quantitative estimate of drug-likeness (QED) is 0.553. The Morgan fingerprint density at radius 2 is 0.923 bits per heavy atom. The molecule has 0 N–H and O–H groups in total. The average molecular weight is 380 g/mol. The van der Waals surface area contributed by atoms with Crippen molar-refractivity contribution >= 4 is 47.8 Å². The molecule has 0 aliphatic carbocycles. The molecule has 0 fully saturated rings. The molecule has 0 heterocycles. The molecule has 0 amide bonds. The van der Waals surface area contributed by atoms with Gasteiger partial charge in [0, 0.05) is 16.0 Å². The molecule has 0 aromatic carbocycles. The smallest absolute Gasteiger partial charge is 0.00434 e. The summed E-state index contributed by atoms with van der Waals surface area (Å²) in [7, 11) is 0. The molecule has 1 nitrogen and oxygen atoms in total. The van der Waals surface area contributed by atoms with Crippen LogP contribution in [0.1, 0.15) is 19.3 Å². The Morgan fingerprint density at radius 1 is 0.615 bits per heavy atom. The van der Waals surface area contributed by atoms with Gasteiger partial charge in [0.05, 0.1) is 0 Å². The molecule has 0 bridgehead atoms. The van der Waals surface area contributed by atoms with Crippen LogP contribution in [-0.2, 0) is 0 Å². The minimum atomic E-state index is 1.12. The molecule has 0 saturated carbocycles. The fourth-order valence-corrected chi connectivity index (χ4v) is 1.94. The molecule has 80 valence electrons. The van der Waals surface area contributed by atoms with Gasteiger partial charge in [-0.3, -0.25) is 0 Å². The van der Waals surface area contributed by atoms with Crippen molar-refractivity contribution in [1.29, 1.82) is 0 Å². The summed E-state index contributed by atoms with van der Waals surface area (Å²) < 4.78 is 0. The van der Waals surface area contributed by atoms with E-state index in [1.165, 1.54) is 38.9 Å². The maximum absolute atomic E-state index is 3.47. The van der Waals surface area contributed by atoms with E-state index in [4.69, 9.17) is 0 Å². The summed E-state index contributed by atoms with van der Waals surface area (Å²) in [5.74, 6) is 0. The zero-order valence-electron chi connectivity index (χ0n) is 7.95. The van der Waals surface area contributed by atoms with Gasteiger partial charge in [-0.25, -0.2) is 0 Å². The molecule has 0 aliphatic rings. The number of halogens is 3. The third-order valence-corrected chi connectivity index (χ3v) is 3.51. The Bertz CT molecular complexity index is 81.8. The molecule has 0 radical (unpaired) electrons. The molecule has 0 atom stereocenters. The van der Waals surface area contributed by atoms with Crippen molar-refractivity contribution in [3.8, 4) is 0 Å². The van der Waals surface area contributed by atoms with E-state index in [9.17, 15) is 0 Å². The Morgan fingerprint density at radius 3 is 1.15 bits per heavy atom. The van der Waals surface area contributed by atoms with Gasteiger partial charge in [-0.05, 0) is 38.9 Å². The lowest BCUT2D eigenvalue weighted by molar-refractivity contribution is 0.278. The van der Waals surface area contributed by atoms with Crippen LogP contribution in [0.15, 0.2) is 0 Å². The van der Waals surface area contributed by atoms with Crippen LogP contribution in [0.2, 0.25) is 0 Å². The molecule has 13 heavy (non-hydrogen) atoms. The van der Waals surface area contributed by atoms with Crippen LogP contribution in [0, 0.1) is 0 Å². The monoisotopic (exact) mass is 377 g/mol. The maximum atomic E-state index is 3.47. The lowest BCUT2D eigenvalue weighted by Crippen LogP contribution is -2.28. The maximum Gasteiger partial charge on any atom is 0.00434 e. The Labute approximate surface area is 107 Å². The first-order valence-corrected chi connectivity index (χ1v) is 8.11. The first-order valence-electron chi connectivity index (χ1n) is 4.75. The van der Waals surface area contributed by atoms with Crippen molar-refractivity contribution in [3.63, 3.8) is 0 Å². The molecule has 0 aliphatic heterocycles. The molecular weight excluding hydrogens is 362 g/mol. The summed E-state index contributed by atoms with van der Waals surface area (Å²) in [6, 6.07) is 0. The van der Waals surface area contributed by atoms with Crippen LogP contribution in [0.5, 0.6) is 0 Å². The Hall–Kier alpha value is 1.40. The second-order valence-corrected chi connectivity index (χ2v) is 5.35. The molecule has 0 spiro atoms. The van der Waals surface area contributed by atoms with Gasteiger partial charge in [-0.1, -0.05) is 47.8 Å². The molecule has 0 aromatic heterocycles. The van der Waals surface area contributed by atoms with Gasteiger partial charge in [-0.2, -0.15) is 0 Å². The normalized spacial score (nSPS) is 11.1. The predicted molar refractivity (Wildman–Crippen MR) is 71.7 cm³/mol. The van der Waals surface area contributed by atoms with Gasteiger partial charge in [-0.15, -0.1) is 0 Å². The van der Waals surface area contributed by atoms with Crippen LogP contribution in [-0.4, -0.2) is 40.5 Å². The number of nitrogens with zero attached hydrogens (tertiary/aromatic N) is 1. The minimum Gasteiger partial charge on any atom is -0.303 e. The van der Waals surface area contributed by atoms with E-state index < -0.39 is 0 Å². The van der Waals surface area contributed by atoms with Gasteiger partial charge < -0.3 is 4.90 Å². The van der Waals surface area contributed by atoms with Crippen molar-refractivity contribution in [2.75, 3.05) is 35.6 Å². The first kappa shape index (κ1) is 14.4. The highest BCUT2D eigenvalue weighted by atomic mass is 79.9. The third-order valence-electron chi connectivity index (χ3n) is 1.82. The van der Waals surface area contributed by atoms with Gasteiger partial charge in [0.1, 0.15) is 0 Å². The van der Waals surface area contributed by atoms with E-state index in [-0.39, 0.29) is 0 Å². The van der Waals surface area contributed by atoms with Gasteiger partial charge in [0.2, 0.25) is 0 Å². The molecule has 0 saturated heterocycles. The zero-order valence-corrected chi connectivity index (χ0v) is 12.7. The fraction of sp³-hybridized carbons (Fsp3) is 1.00. The van der Waals surface area contributed by atoms with Crippen LogP contribution >= 0.6 is 47.8 Å². The number of hydrogen-bond donors (Lipinski definition) is 0. The van der Waals surface area contributed by atoms with Gasteiger partial charge in [0.15, 0.2) is 0 Å². The summed E-state index contributed by atoms with van der Waals surface area (Å²) >= 11 is 10.4. The Balaban J connectivity index is 3.47. The van der Waals surface area contributed by atoms with E-state index in [0.29, 0.717) is 0 Å². The van der Waals surface area contributed by atoms with Gasteiger partial charge in [0.25, 0.3) is 0 Å². The standard InChI is InChI=1S/C9H18Br3N/c10-4-1-7-13(8-2-5-11)9-3-6-12/h1-9H2. The summed E-state index contributed by atoms with van der Waals surface area (Å²) in [6.45, 7) is 3.68. The zero-order chi connectivity index (χ0) is 9.94. The minimum absolute atomic E-state index is 1.12. The molecule has 4 heteroatoms. The molecule has 0 aromatic rings. The molecule has 0 unspecified atom stereocenters. The number of rotatable bonds is 9. The predicted octanol–water partition coefficient (Wildman–Crippen LogP) is 3.64. The van der Waals surface area contributed by atoms with E-state index in [0.717, 1.165) is 16.0 Å². The van der Waals surface area contributed by atoms with Crippen molar-refractivity contribution in [3.05, 3.63) is 0 Å². The van der Waals surface area contributed by atoms with Crippen LogP contribution in [0.4, 0.5) is 0 Å². The first-order chi connectivity index (χ1) is 6.35. The average Bonchev–Trinajstić information content (AvgIpc) is 2.17. The van der Waals surface area contributed by atoms with E-state index in [1.54, 1.807) is 0 Å². The third kappa shape index (κ3) is 9.70. The van der Waals surface area contributed by atoms with E-state index in [1.807, 2.05) is 0 Å². The molecular formula is C9H18Br3N. The second-order valence-electron chi connectivity index (χ2n) is 2.97. The van der Waals surface area contributed by atoms with Crippen LogP contribution in [0.3, 0.4) is 0 Å². The highest BCUT2D eigenvalue weighted by molar-refractivity contribution is 9.09. The lowest BCUT2D eigenvalue weighted by Gasteiger charge is -2.20. The SMILES string of the molecule is BrCCCN(CCCBr)CCCBr. The summed E-state index contributed by atoms with van der Waals surface area (Å²) in [5.41, 5.74) is 0. The topological polar surface area (TPSA) is 3.24 Å². The highest BCUT2D eigenvalue weighted by Crippen LogP contribution is 2.01. The van der Waals surface area contributed by atoms with Crippen LogP contribution < -0.4 is 0 Å². The van der Waals surface area contributed by atoms with Crippen LogP contribution in [0.25, 0.3) is 0 Å². The number of alkyl halides is 3. The Kier molecular flexibility index (Phi) is 12.7. The second kappa shape index (κ2) is 11.5. The molecule has 0 rings (SSSR count). The number of hydrogen-bond acceptors (Lipinski definition) is 1. The fourth-order valence-electron chi connectivity index (χ4n) is 1.19. The highest BCUT2D eigenvalue weighted by Gasteiger charge is 2.02. The van der Waals surface area contributed by atoms with Crippen molar-refractivity contribution in [1.82, 2.24) is 4.90 Å².